The summed E-state index contributed by atoms with van der Waals surface area (Å²) in [4.78, 5) is 0. The summed E-state index contributed by atoms with van der Waals surface area (Å²) in [6.45, 7) is 26.0. The highest BCUT2D eigenvalue weighted by molar-refractivity contribution is 7.03. The number of hydrogen-bond acceptors (Lipinski definition) is 0. The fraction of sp³-hybridized carbons (Fsp3) is 0.278. The van der Waals surface area contributed by atoms with Crippen LogP contribution in [0.2, 0.25) is 0 Å². The largest absolute Gasteiger partial charge is 0.416 e. The lowest BCUT2D eigenvalue weighted by Crippen LogP contribution is -2.53. The summed E-state index contributed by atoms with van der Waals surface area (Å²) in [5.41, 5.74) is 21.2. The predicted molar refractivity (Wildman–Crippen MR) is 327 cm³/mol. The first-order chi connectivity index (χ1) is 37.9. The zero-order chi connectivity index (χ0) is 56.2. The molecular formula is C72H62B2F6. The van der Waals surface area contributed by atoms with Crippen LogP contribution in [0.15, 0.2) is 121 Å². The van der Waals surface area contributed by atoms with Crippen LogP contribution in [-0.2, 0) is 12.4 Å². The van der Waals surface area contributed by atoms with Gasteiger partial charge in [-0.15, -0.1) is 0 Å². The van der Waals surface area contributed by atoms with Gasteiger partial charge in [0.25, 0.3) is 0 Å². The van der Waals surface area contributed by atoms with E-state index < -0.39 is 23.5 Å². The Hall–Kier alpha value is -7.05. The minimum absolute atomic E-state index is 0.0802. The number of rotatable bonds is 8. The van der Waals surface area contributed by atoms with E-state index in [4.69, 9.17) is 0 Å². The van der Waals surface area contributed by atoms with Crippen molar-refractivity contribution in [1.29, 1.82) is 0 Å². The number of hydrogen-bond donors (Lipinski definition) is 0. The van der Waals surface area contributed by atoms with Gasteiger partial charge in [0.05, 0.1) is 11.1 Å². The molecule has 10 aromatic carbocycles. The minimum Gasteiger partial charge on any atom is -0.166 e. The molecule has 0 atom stereocenters. The van der Waals surface area contributed by atoms with Gasteiger partial charge in [-0.05, 0) is 204 Å². The lowest BCUT2D eigenvalue weighted by Gasteiger charge is -2.34. The van der Waals surface area contributed by atoms with Crippen LogP contribution < -0.4 is 32.8 Å². The van der Waals surface area contributed by atoms with Crippen LogP contribution in [0.5, 0.6) is 0 Å². The molecule has 0 unspecified atom stereocenters. The van der Waals surface area contributed by atoms with Crippen molar-refractivity contribution >= 4 is 78.5 Å². The van der Waals surface area contributed by atoms with Gasteiger partial charge < -0.3 is 0 Å². The van der Waals surface area contributed by atoms with Gasteiger partial charge in [-0.2, -0.15) is 26.3 Å². The molecule has 4 aliphatic heterocycles. The summed E-state index contributed by atoms with van der Waals surface area (Å²) in [6, 6.07) is 40.2. The molecule has 10 aromatic rings. The Morgan fingerprint density at radius 2 is 0.613 bits per heavy atom. The second-order valence-electron chi connectivity index (χ2n) is 25.6. The van der Waals surface area contributed by atoms with Crippen molar-refractivity contribution in [2.75, 3.05) is 0 Å². The maximum Gasteiger partial charge on any atom is 0.416 e. The molecule has 0 amide bonds. The monoisotopic (exact) mass is 1060 g/mol. The Bertz CT molecular complexity index is 4020. The summed E-state index contributed by atoms with van der Waals surface area (Å²) in [7, 11) is 0. The predicted octanol–water partition coefficient (Wildman–Crippen LogP) is 17.6. The van der Waals surface area contributed by atoms with Crippen LogP contribution in [-0.4, -0.2) is 13.4 Å². The van der Waals surface area contributed by atoms with Gasteiger partial charge in [0.1, 0.15) is 0 Å². The highest BCUT2D eigenvalue weighted by Gasteiger charge is 2.47. The molecule has 0 aromatic heterocycles. The van der Waals surface area contributed by atoms with Crippen molar-refractivity contribution in [2.24, 2.45) is 0 Å². The zero-order valence-electron chi connectivity index (χ0n) is 47.4. The van der Waals surface area contributed by atoms with Crippen molar-refractivity contribution in [3.05, 3.63) is 166 Å². The SMILES string of the molecule is CC(C)c1cc(C(C)C)c(-c2cc3c4c(cc5c(-c6c(C(C)C)cc(C(C)C)cc6C(C)C)cc6c7c(cc2c4c57)B2c4ccccc4-c4cc(C(F)(F)F)cc-6c42)B2c4ccccc4-c4cc(C(F)(F)F)cc-3c42)c(C(C)C)c1. The Labute approximate surface area is 466 Å². The van der Waals surface area contributed by atoms with E-state index in [0.717, 1.165) is 110 Å². The van der Waals surface area contributed by atoms with E-state index in [0.29, 0.717) is 22.3 Å². The summed E-state index contributed by atoms with van der Waals surface area (Å²) < 4.78 is 93.8. The maximum atomic E-state index is 15.6. The van der Waals surface area contributed by atoms with E-state index in [9.17, 15) is 0 Å². The normalized spacial score (nSPS) is 14.0. The molecule has 0 radical (unpaired) electrons. The summed E-state index contributed by atoms with van der Waals surface area (Å²) >= 11 is 0. The van der Waals surface area contributed by atoms with Crippen molar-refractivity contribution in [3.8, 4) is 66.8 Å². The molecular weight excluding hydrogens is 1000 g/mol. The summed E-state index contributed by atoms with van der Waals surface area (Å²) in [6.07, 6.45) is -9.26. The Morgan fingerprint density at radius 1 is 0.300 bits per heavy atom. The number of fused-ring (bicyclic) bond motifs is 10. The number of halogens is 6. The number of benzene rings is 10. The van der Waals surface area contributed by atoms with Gasteiger partial charge in [-0.1, -0.05) is 201 Å². The molecule has 0 fully saturated rings. The zero-order valence-corrected chi connectivity index (χ0v) is 47.4. The molecule has 0 saturated heterocycles. The highest BCUT2D eigenvalue weighted by Crippen LogP contribution is 2.55. The Morgan fingerprint density at radius 3 is 0.912 bits per heavy atom. The molecule has 0 N–H and O–H groups in total. The van der Waals surface area contributed by atoms with Crippen LogP contribution in [0.1, 0.15) is 163 Å². The van der Waals surface area contributed by atoms with E-state index in [1.165, 1.54) is 57.6 Å². The first-order valence-electron chi connectivity index (χ1n) is 28.9. The highest BCUT2D eigenvalue weighted by atomic mass is 19.4. The molecule has 4 heterocycles. The van der Waals surface area contributed by atoms with Crippen LogP contribution in [0.4, 0.5) is 26.3 Å². The second kappa shape index (κ2) is 17.2. The number of alkyl halides is 6. The average Bonchev–Trinajstić information content (AvgIpc) is 1.67. The molecule has 14 rings (SSSR count). The minimum atomic E-state index is -4.63. The van der Waals surface area contributed by atoms with Crippen molar-refractivity contribution in [1.82, 2.24) is 0 Å². The topological polar surface area (TPSA) is 0 Å². The molecule has 8 heteroatoms. The van der Waals surface area contributed by atoms with E-state index >= 15 is 26.3 Å². The third kappa shape index (κ3) is 6.98. The fourth-order valence-corrected chi connectivity index (χ4v) is 15.2. The summed E-state index contributed by atoms with van der Waals surface area (Å²) in [5, 5.41) is 5.74. The maximum absolute atomic E-state index is 15.6. The third-order valence-electron chi connectivity index (χ3n) is 18.9. The van der Waals surface area contributed by atoms with Gasteiger partial charge in [-0.3, -0.25) is 0 Å². The second-order valence-corrected chi connectivity index (χ2v) is 25.6. The average molecular weight is 1060 g/mol. The molecule has 0 bridgehead atoms. The van der Waals surface area contributed by atoms with Gasteiger partial charge in [-0.25, -0.2) is 0 Å². The molecule has 0 nitrogen and oxygen atoms in total. The first kappa shape index (κ1) is 51.1. The fourth-order valence-electron chi connectivity index (χ4n) is 15.2. The van der Waals surface area contributed by atoms with Crippen molar-refractivity contribution in [3.63, 3.8) is 0 Å². The molecule has 0 spiro atoms. The molecule has 0 saturated carbocycles. The lowest BCUT2D eigenvalue weighted by atomic mass is 9.34. The lowest BCUT2D eigenvalue weighted by molar-refractivity contribution is -0.138. The van der Waals surface area contributed by atoms with Crippen LogP contribution >= 0.6 is 0 Å². The molecule has 0 aliphatic carbocycles. The Kier molecular flexibility index (Phi) is 11.0. The molecule has 4 aliphatic rings. The van der Waals surface area contributed by atoms with Crippen molar-refractivity contribution < 1.29 is 26.3 Å². The van der Waals surface area contributed by atoms with Gasteiger partial charge in [0.15, 0.2) is 0 Å². The van der Waals surface area contributed by atoms with Crippen molar-refractivity contribution in [2.45, 2.75) is 131 Å². The van der Waals surface area contributed by atoms with Gasteiger partial charge in [0.2, 0.25) is 13.4 Å². The third-order valence-corrected chi connectivity index (χ3v) is 18.9. The van der Waals surface area contributed by atoms with E-state index in [2.05, 4.69) is 144 Å². The quantitative estimate of drug-likeness (QED) is 0.0808. The van der Waals surface area contributed by atoms with E-state index in [1.807, 2.05) is 36.4 Å². The van der Waals surface area contributed by atoms with Crippen LogP contribution in [0.25, 0.3) is 99.1 Å². The van der Waals surface area contributed by atoms with E-state index in [-0.39, 0.29) is 48.9 Å². The smallest absolute Gasteiger partial charge is 0.166 e. The van der Waals surface area contributed by atoms with Crippen LogP contribution in [0.3, 0.4) is 0 Å². The molecule has 398 valence electrons. The molecule has 80 heavy (non-hydrogen) atoms. The first-order valence-corrected chi connectivity index (χ1v) is 28.9. The summed E-state index contributed by atoms with van der Waals surface area (Å²) in [5.74, 6) is 0.806. The van der Waals surface area contributed by atoms with Gasteiger partial charge in [0, 0.05) is 0 Å². The van der Waals surface area contributed by atoms with E-state index in [1.54, 1.807) is 0 Å². The standard InChI is InChI=1S/C72H62B2F6/c1-33(2)39-21-45(35(5)6)63(46(22-39)36(7)8)49-29-51-57-27-41(71(75,76)77)25-55-43-17-14-16-20-60(43)74(69(55)57)62-32-54-50(64-47(37(9)10)23-40(34(3)4)24-48(64)38(11)12)30-52-58-28-42(72(78,79)80)26-56-44-18-13-15-19-59(44)73(70(56)58)61-31-53(49)67(65(51)62)68(54)66(52)61/h13-38H,1-12H3. The Balaban J connectivity index is 1.29. The van der Waals surface area contributed by atoms with Crippen LogP contribution in [0, 0.1) is 0 Å². The van der Waals surface area contributed by atoms with Gasteiger partial charge >= 0.3 is 12.4 Å².